The Morgan fingerprint density at radius 3 is 2.25 bits per heavy atom. The van der Waals surface area contributed by atoms with E-state index in [2.05, 4.69) is 31.9 Å². The summed E-state index contributed by atoms with van der Waals surface area (Å²) in [6.07, 6.45) is 0. The first-order valence-corrected chi connectivity index (χ1v) is 8.19. The Morgan fingerprint density at radius 1 is 1.06 bits per heavy atom. The van der Waals surface area contributed by atoms with E-state index in [9.17, 15) is 0 Å². The van der Waals surface area contributed by atoms with Gasteiger partial charge >= 0.3 is 0 Å². The van der Waals surface area contributed by atoms with Crippen molar-refractivity contribution in [3.63, 3.8) is 0 Å². The Balaban J connectivity index is 1.63. The average molecular weight is 348 g/mol. The van der Waals surface area contributed by atoms with E-state index in [1.807, 2.05) is 0 Å². The van der Waals surface area contributed by atoms with Gasteiger partial charge < -0.3 is 9.47 Å². The number of rotatable bonds is 1. The monoisotopic (exact) mass is 346 g/mol. The molecule has 86 valence electrons. The van der Waals surface area contributed by atoms with Crippen molar-refractivity contribution in [3.05, 3.63) is 0 Å². The van der Waals surface area contributed by atoms with Crippen LogP contribution in [0.5, 0.6) is 0 Å². The fourth-order valence-electron chi connectivity index (χ4n) is 6.87. The second-order valence-corrected chi connectivity index (χ2v) is 8.41. The normalized spacial score (nSPS) is 77.6. The molecule has 7 rings (SSSR count). The number of alkyl halides is 2. The van der Waals surface area contributed by atoms with Crippen molar-refractivity contribution < 1.29 is 9.47 Å². The molecule has 0 amide bonds. The Labute approximate surface area is 111 Å². The SMILES string of the molecule is BrC[C@@]12[C@@H]3[C@H]4[C@H]5[C@@H]1[C@H]2[C@@](Br)([C@H]43)C51OCCO1. The van der Waals surface area contributed by atoms with E-state index >= 15 is 0 Å². The summed E-state index contributed by atoms with van der Waals surface area (Å²) in [5.74, 6) is 5.01. The topological polar surface area (TPSA) is 18.5 Å². The molecule has 7 fully saturated rings. The predicted molar refractivity (Wildman–Crippen MR) is 63.5 cm³/mol. The number of halogens is 2. The van der Waals surface area contributed by atoms with Crippen LogP contribution >= 0.6 is 31.9 Å². The van der Waals surface area contributed by atoms with Crippen molar-refractivity contribution in [1.82, 2.24) is 0 Å². The molecule has 0 unspecified atom stereocenters. The molecule has 6 saturated carbocycles. The fourth-order valence-corrected chi connectivity index (χ4v) is 9.76. The van der Waals surface area contributed by atoms with Crippen LogP contribution in [0.2, 0.25) is 0 Å². The van der Waals surface area contributed by atoms with Crippen LogP contribution in [0.25, 0.3) is 0 Å². The molecule has 8 atom stereocenters. The zero-order chi connectivity index (χ0) is 10.5. The van der Waals surface area contributed by atoms with Gasteiger partial charge in [-0.15, -0.1) is 0 Å². The van der Waals surface area contributed by atoms with Gasteiger partial charge in [-0.25, -0.2) is 0 Å². The first kappa shape index (κ1) is 8.89. The molecule has 4 heteroatoms. The zero-order valence-corrected chi connectivity index (χ0v) is 11.8. The quantitative estimate of drug-likeness (QED) is 0.675. The van der Waals surface area contributed by atoms with Crippen LogP contribution in [0.4, 0.5) is 0 Å². The lowest BCUT2D eigenvalue weighted by atomic mass is 9.95. The lowest BCUT2D eigenvalue weighted by Crippen LogP contribution is -2.50. The van der Waals surface area contributed by atoms with E-state index in [0.717, 1.165) is 42.8 Å². The van der Waals surface area contributed by atoms with Gasteiger partial charge in [0.05, 0.1) is 17.5 Å². The van der Waals surface area contributed by atoms with Gasteiger partial charge in [0.1, 0.15) is 0 Å². The van der Waals surface area contributed by atoms with E-state index < -0.39 is 0 Å². The Bertz CT molecular complexity index is 448. The van der Waals surface area contributed by atoms with E-state index in [0.29, 0.717) is 11.3 Å². The molecular formula is C12H12Br2O2. The smallest absolute Gasteiger partial charge is 0.187 e. The molecule has 1 spiro atoms. The molecule has 1 heterocycles. The van der Waals surface area contributed by atoms with Gasteiger partial charge in [0, 0.05) is 11.2 Å². The minimum atomic E-state index is -0.212. The van der Waals surface area contributed by atoms with Crippen LogP contribution in [-0.2, 0) is 9.47 Å². The van der Waals surface area contributed by atoms with Crippen molar-refractivity contribution in [1.29, 1.82) is 0 Å². The largest absolute Gasteiger partial charge is 0.346 e. The number of hydrogen-bond donors (Lipinski definition) is 0. The van der Waals surface area contributed by atoms with Crippen molar-refractivity contribution in [2.75, 3.05) is 18.5 Å². The highest BCUT2D eigenvalue weighted by Crippen LogP contribution is 3.04. The Kier molecular flexibility index (Phi) is 1.11. The molecule has 1 aliphatic heterocycles. The highest BCUT2D eigenvalue weighted by Gasteiger charge is 3.08. The highest BCUT2D eigenvalue weighted by atomic mass is 79.9. The second-order valence-electron chi connectivity index (χ2n) is 6.54. The molecule has 0 aromatic heterocycles. The maximum Gasteiger partial charge on any atom is 0.187 e. The Hall–Kier alpha value is 0.880. The van der Waals surface area contributed by atoms with Crippen molar-refractivity contribution in [2.24, 2.45) is 40.9 Å². The van der Waals surface area contributed by atoms with Gasteiger partial charge in [-0.05, 0) is 35.0 Å². The van der Waals surface area contributed by atoms with Crippen molar-refractivity contribution in [2.45, 2.75) is 10.1 Å². The lowest BCUT2D eigenvalue weighted by Gasteiger charge is -2.37. The summed E-state index contributed by atoms with van der Waals surface area (Å²) >= 11 is 7.89. The Morgan fingerprint density at radius 2 is 1.81 bits per heavy atom. The summed E-state index contributed by atoms with van der Waals surface area (Å²) in [6, 6.07) is 0. The average Bonchev–Trinajstić information content (AvgIpc) is 2.97. The molecule has 0 N–H and O–H groups in total. The molecule has 1 saturated heterocycles. The van der Waals surface area contributed by atoms with E-state index in [-0.39, 0.29) is 10.1 Å². The summed E-state index contributed by atoms with van der Waals surface area (Å²) in [5.41, 5.74) is 0.643. The van der Waals surface area contributed by atoms with Gasteiger partial charge in [0.2, 0.25) is 0 Å². The maximum absolute atomic E-state index is 6.11. The molecule has 0 radical (unpaired) electrons. The summed E-state index contributed by atoms with van der Waals surface area (Å²) in [4.78, 5) is 0. The van der Waals surface area contributed by atoms with Crippen LogP contribution in [-0.4, -0.2) is 28.7 Å². The molecule has 0 aromatic carbocycles. The number of ether oxygens (including phenoxy) is 2. The van der Waals surface area contributed by atoms with Crippen molar-refractivity contribution >= 4 is 31.9 Å². The van der Waals surface area contributed by atoms with Crippen LogP contribution < -0.4 is 0 Å². The van der Waals surface area contributed by atoms with Crippen LogP contribution in [0.3, 0.4) is 0 Å². The lowest BCUT2D eigenvalue weighted by molar-refractivity contribution is -0.192. The first-order valence-electron chi connectivity index (χ1n) is 6.28. The van der Waals surface area contributed by atoms with Gasteiger partial charge in [-0.1, -0.05) is 31.9 Å². The summed E-state index contributed by atoms with van der Waals surface area (Å²) in [7, 11) is 0. The van der Waals surface area contributed by atoms with E-state index in [1.54, 1.807) is 0 Å². The third kappa shape index (κ3) is 0.473. The van der Waals surface area contributed by atoms with Gasteiger partial charge in [0.25, 0.3) is 0 Å². The van der Waals surface area contributed by atoms with E-state index in [1.165, 1.54) is 5.33 Å². The summed E-state index contributed by atoms with van der Waals surface area (Å²) in [6.45, 7) is 1.60. The zero-order valence-electron chi connectivity index (χ0n) is 8.66. The first-order chi connectivity index (χ1) is 7.75. The highest BCUT2D eigenvalue weighted by molar-refractivity contribution is 9.10. The third-order valence-electron chi connectivity index (χ3n) is 6.81. The molecule has 2 bridgehead atoms. The number of hydrogen-bond acceptors (Lipinski definition) is 2. The molecular weight excluding hydrogens is 336 g/mol. The standard InChI is InChI=1S/C12H12Br2O2/c13-3-10-5-4-6(5)11(14)9(10)8(10)7(4)12(11)15-1-2-16-12/h4-9H,1-3H2/t4-,5-,6-,7+,8-,9-,10-,11+/m1/s1. The van der Waals surface area contributed by atoms with Crippen molar-refractivity contribution in [3.8, 4) is 0 Å². The van der Waals surface area contributed by atoms with Crippen LogP contribution in [0, 0.1) is 40.9 Å². The van der Waals surface area contributed by atoms with Gasteiger partial charge in [0.15, 0.2) is 5.79 Å². The molecule has 16 heavy (non-hydrogen) atoms. The van der Waals surface area contributed by atoms with Gasteiger partial charge in [-0.2, -0.15) is 0 Å². The fraction of sp³-hybridized carbons (Fsp3) is 1.00. The van der Waals surface area contributed by atoms with Crippen LogP contribution in [0.15, 0.2) is 0 Å². The maximum atomic E-state index is 6.11. The predicted octanol–water partition coefficient (Wildman–Crippen LogP) is 2.01. The molecule has 0 aromatic rings. The molecule has 7 aliphatic rings. The summed E-state index contributed by atoms with van der Waals surface area (Å²) < 4.78 is 12.4. The second kappa shape index (κ2) is 2.00. The minimum Gasteiger partial charge on any atom is -0.346 e. The minimum absolute atomic E-state index is 0.189. The van der Waals surface area contributed by atoms with E-state index in [4.69, 9.17) is 9.47 Å². The third-order valence-corrected chi connectivity index (χ3v) is 9.35. The summed E-state index contributed by atoms with van der Waals surface area (Å²) in [5, 5.41) is 1.20. The molecule has 2 nitrogen and oxygen atoms in total. The van der Waals surface area contributed by atoms with Gasteiger partial charge in [-0.3, -0.25) is 0 Å². The molecule has 6 aliphatic carbocycles. The van der Waals surface area contributed by atoms with Crippen LogP contribution in [0.1, 0.15) is 0 Å².